The molecule has 0 bridgehead atoms. The van der Waals surface area contributed by atoms with Gasteiger partial charge >= 0.3 is 0 Å². The lowest BCUT2D eigenvalue weighted by Gasteiger charge is -2.43. The van der Waals surface area contributed by atoms with E-state index in [4.69, 9.17) is 9.47 Å². The maximum Gasteiger partial charge on any atom is 0.240 e. The first-order valence-corrected chi connectivity index (χ1v) is 16.3. The van der Waals surface area contributed by atoms with Gasteiger partial charge in [-0.25, -0.2) is 13.1 Å². The van der Waals surface area contributed by atoms with Gasteiger partial charge in [0.2, 0.25) is 10.0 Å². The van der Waals surface area contributed by atoms with E-state index in [1.165, 1.54) is 32.1 Å². The molecule has 7 nitrogen and oxygen atoms in total. The molecule has 4 atom stereocenters. The van der Waals surface area contributed by atoms with E-state index in [1.807, 2.05) is 48.5 Å². The number of aliphatic hydroxyl groups excluding tert-OH is 1. The van der Waals surface area contributed by atoms with Gasteiger partial charge in [0.25, 0.3) is 0 Å². The maximum atomic E-state index is 12.6. The van der Waals surface area contributed by atoms with Crippen LogP contribution in [-0.2, 0) is 32.6 Å². The fraction of sp³-hybridized carbons (Fsp3) is 0.455. The summed E-state index contributed by atoms with van der Waals surface area (Å²) in [6, 6.07) is 24.2. The Morgan fingerprint density at radius 3 is 2.07 bits per heavy atom. The van der Waals surface area contributed by atoms with Crippen molar-refractivity contribution < 1.29 is 23.0 Å². The van der Waals surface area contributed by atoms with Crippen LogP contribution in [0.4, 0.5) is 0 Å². The van der Waals surface area contributed by atoms with Gasteiger partial charge in [-0.2, -0.15) is 0 Å². The number of hydrogen-bond donors (Lipinski definition) is 2. The molecule has 0 radical (unpaired) electrons. The summed E-state index contributed by atoms with van der Waals surface area (Å²) >= 11 is 0. The van der Waals surface area contributed by atoms with Crippen molar-refractivity contribution in [1.82, 2.24) is 9.62 Å². The highest BCUT2D eigenvalue weighted by Crippen LogP contribution is 2.42. The molecule has 5 rings (SSSR count). The maximum absolute atomic E-state index is 12.6. The molecule has 0 spiro atoms. The van der Waals surface area contributed by atoms with Crippen molar-refractivity contribution in [3.8, 4) is 0 Å². The van der Waals surface area contributed by atoms with Crippen molar-refractivity contribution in [3.05, 3.63) is 101 Å². The number of ether oxygens (including phenoxy) is 2. The van der Waals surface area contributed by atoms with Crippen LogP contribution in [0, 0.1) is 5.92 Å². The Morgan fingerprint density at radius 1 is 0.805 bits per heavy atom. The highest BCUT2D eigenvalue weighted by Gasteiger charge is 2.39. The highest BCUT2D eigenvalue weighted by atomic mass is 32.2. The standard InChI is InChI=1S/C33H42N2O5S/c1-25-31(23-35-20-8-3-2-4-9-21-35)39-33(40-32(25)28-16-14-27(24-36)15-17-28)29-18-12-26(13-19-29)22-34-41(37,38)30-10-6-5-7-11-30/h5-7,10-19,25,31-34,36H,2-4,8-9,20-24H2,1H3/t25-,31+,32+,33?/m0/s1. The SMILES string of the molecule is C[C@H]1[C@@H](CN2CCCCCCC2)OC(c2ccc(CNS(=O)(=O)c3ccccc3)cc2)O[C@H]1c1ccc(CO)cc1. The Balaban J connectivity index is 1.31. The van der Waals surface area contributed by atoms with Crippen LogP contribution in [-0.4, -0.2) is 44.2 Å². The van der Waals surface area contributed by atoms with Gasteiger partial charge in [-0.1, -0.05) is 92.9 Å². The van der Waals surface area contributed by atoms with Gasteiger partial charge < -0.3 is 19.5 Å². The minimum atomic E-state index is -3.58. The zero-order valence-electron chi connectivity index (χ0n) is 23.8. The summed E-state index contributed by atoms with van der Waals surface area (Å²) in [5.41, 5.74) is 3.71. The van der Waals surface area contributed by atoms with Crippen molar-refractivity contribution in [2.75, 3.05) is 19.6 Å². The van der Waals surface area contributed by atoms with E-state index in [0.717, 1.165) is 41.9 Å². The predicted molar refractivity (Wildman–Crippen MR) is 159 cm³/mol. The molecule has 0 aromatic heterocycles. The van der Waals surface area contributed by atoms with Gasteiger partial charge in [-0.15, -0.1) is 0 Å². The van der Waals surface area contributed by atoms with Crippen molar-refractivity contribution in [2.24, 2.45) is 5.92 Å². The summed E-state index contributed by atoms with van der Waals surface area (Å²) in [4.78, 5) is 2.80. The molecule has 2 aliphatic heterocycles. The smallest absolute Gasteiger partial charge is 0.240 e. The average Bonchev–Trinajstić information content (AvgIpc) is 2.99. The van der Waals surface area contributed by atoms with Crippen LogP contribution in [0.2, 0.25) is 0 Å². The van der Waals surface area contributed by atoms with Gasteiger partial charge in [-0.05, 0) is 54.8 Å². The summed E-state index contributed by atoms with van der Waals surface area (Å²) in [5.74, 6) is 0.142. The third-order valence-corrected chi connectivity index (χ3v) is 9.70. The van der Waals surface area contributed by atoms with Crippen LogP contribution in [0.1, 0.15) is 73.7 Å². The quantitative estimate of drug-likeness (QED) is 0.338. The largest absolute Gasteiger partial charge is 0.392 e. The molecule has 3 aromatic rings. The summed E-state index contributed by atoms with van der Waals surface area (Å²) in [5, 5.41) is 9.52. The number of nitrogens with zero attached hydrogens (tertiary/aromatic N) is 1. The Hall–Kier alpha value is -2.59. The lowest BCUT2D eigenvalue weighted by Crippen LogP contribution is -2.45. The molecule has 1 unspecified atom stereocenters. The number of rotatable bonds is 9. The van der Waals surface area contributed by atoms with Crippen molar-refractivity contribution in [1.29, 1.82) is 0 Å². The van der Waals surface area contributed by atoms with Gasteiger partial charge in [0.05, 0.1) is 23.7 Å². The van der Waals surface area contributed by atoms with Crippen molar-refractivity contribution in [2.45, 2.75) is 75.6 Å². The third kappa shape index (κ3) is 7.83. The molecular weight excluding hydrogens is 536 g/mol. The number of nitrogens with one attached hydrogen (secondary N) is 1. The van der Waals surface area contributed by atoms with Crippen molar-refractivity contribution in [3.63, 3.8) is 0 Å². The number of benzene rings is 3. The second kappa shape index (κ2) is 14.1. The fourth-order valence-corrected chi connectivity index (χ4v) is 6.77. The molecule has 3 aromatic carbocycles. The number of aliphatic hydroxyl groups is 1. The Kier molecular flexibility index (Phi) is 10.2. The second-order valence-electron chi connectivity index (χ2n) is 11.3. The Morgan fingerprint density at radius 2 is 1.41 bits per heavy atom. The molecule has 2 heterocycles. The monoisotopic (exact) mass is 578 g/mol. The first kappa shape index (κ1) is 29.9. The Labute approximate surface area is 244 Å². The van der Waals surface area contributed by atoms with E-state index in [-0.39, 0.29) is 36.2 Å². The molecule has 8 heteroatoms. The molecule has 2 N–H and O–H groups in total. The predicted octanol–water partition coefficient (Wildman–Crippen LogP) is 5.71. The number of hydrogen-bond acceptors (Lipinski definition) is 6. The number of sulfonamides is 1. The lowest BCUT2D eigenvalue weighted by molar-refractivity contribution is -0.276. The van der Waals surface area contributed by atoms with E-state index in [9.17, 15) is 13.5 Å². The van der Waals surface area contributed by atoms with Crippen LogP contribution >= 0.6 is 0 Å². The first-order chi connectivity index (χ1) is 19.9. The zero-order valence-corrected chi connectivity index (χ0v) is 24.6. The van der Waals surface area contributed by atoms with E-state index in [1.54, 1.807) is 30.3 Å². The molecule has 0 saturated carbocycles. The van der Waals surface area contributed by atoms with Gasteiger partial charge in [0.1, 0.15) is 0 Å². The number of likely N-dealkylation sites (tertiary alicyclic amines) is 1. The average molecular weight is 579 g/mol. The summed E-state index contributed by atoms with van der Waals surface area (Å²) < 4.78 is 41.2. The molecule has 0 amide bonds. The van der Waals surface area contributed by atoms with Crippen LogP contribution in [0.3, 0.4) is 0 Å². The third-order valence-electron chi connectivity index (χ3n) is 8.28. The topological polar surface area (TPSA) is 88.1 Å². The van der Waals surface area contributed by atoms with Crippen molar-refractivity contribution >= 4 is 10.0 Å². The molecule has 220 valence electrons. The Bertz CT molecular complexity index is 1320. The summed E-state index contributed by atoms with van der Waals surface area (Å²) in [7, 11) is -3.58. The van der Waals surface area contributed by atoms with Crippen LogP contribution in [0.5, 0.6) is 0 Å². The van der Waals surface area contributed by atoms with E-state index in [2.05, 4.69) is 16.5 Å². The molecule has 2 aliphatic rings. The van der Waals surface area contributed by atoms with E-state index >= 15 is 0 Å². The van der Waals surface area contributed by atoms with Crippen LogP contribution in [0.15, 0.2) is 83.8 Å². The van der Waals surface area contributed by atoms with Crippen LogP contribution < -0.4 is 4.72 Å². The normalized spacial score (nSPS) is 24.4. The first-order valence-electron chi connectivity index (χ1n) is 14.8. The summed E-state index contributed by atoms with van der Waals surface area (Å²) in [6.45, 7) is 5.48. The van der Waals surface area contributed by atoms with Gasteiger partial charge in [-0.3, -0.25) is 0 Å². The second-order valence-corrected chi connectivity index (χ2v) is 13.0. The molecule has 2 fully saturated rings. The van der Waals surface area contributed by atoms with Gasteiger partial charge in [0, 0.05) is 24.6 Å². The van der Waals surface area contributed by atoms with Gasteiger partial charge in [0.15, 0.2) is 6.29 Å². The summed E-state index contributed by atoms with van der Waals surface area (Å²) in [6.07, 6.45) is 5.66. The minimum Gasteiger partial charge on any atom is -0.392 e. The molecule has 41 heavy (non-hydrogen) atoms. The molecule has 0 aliphatic carbocycles. The lowest BCUT2D eigenvalue weighted by atomic mass is 9.89. The fourth-order valence-electron chi connectivity index (χ4n) is 5.73. The minimum absolute atomic E-state index is 0.00643. The molecule has 2 saturated heterocycles. The molecular formula is C33H42N2O5S. The highest BCUT2D eigenvalue weighted by molar-refractivity contribution is 7.89. The van der Waals surface area contributed by atoms with E-state index in [0.29, 0.717) is 0 Å². The van der Waals surface area contributed by atoms with E-state index < -0.39 is 16.3 Å². The van der Waals surface area contributed by atoms with Crippen LogP contribution in [0.25, 0.3) is 0 Å². The zero-order chi connectivity index (χ0) is 28.7.